The third-order valence-corrected chi connectivity index (χ3v) is 3.73. The number of nitrogens with zero attached hydrogens (tertiary/aromatic N) is 1. The Labute approximate surface area is 119 Å². The first-order valence-corrected chi connectivity index (χ1v) is 7.15. The van der Waals surface area contributed by atoms with E-state index in [0.717, 1.165) is 29.1 Å². The average molecular weight is 268 g/mol. The van der Waals surface area contributed by atoms with E-state index in [0.29, 0.717) is 12.5 Å². The summed E-state index contributed by atoms with van der Waals surface area (Å²) in [5, 5.41) is 0. The van der Waals surface area contributed by atoms with Crippen LogP contribution in [0.25, 0.3) is 11.3 Å². The van der Waals surface area contributed by atoms with Crippen LogP contribution in [0.1, 0.15) is 31.0 Å². The SMILES string of the molecule is CC(C)c1cccc(-c2cccc3c2OC(CN)C3)n1. The Bertz CT molecular complexity index is 622. The minimum absolute atomic E-state index is 0.0967. The van der Waals surface area contributed by atoms with Gasteiger partial charge in [-0.3, -0.25) is 4.98 Å². The zero-order chi connectivity index (χ0) is 14.1. The van der Waals surface area contributed by atoms with E-state index < -0.39 is 0 Å². The Balaban J connectivity index is 2.04. The first-order valence-electron chi connectivity index (χ1n) is 7.15. The van der Waals surface area contributed by atoms with Gasteiger partial charge in [-0.1, -0.05) is 32.0 Å². The van der Waals surface area contributed by atoms with Crippen molar-refractivity contribution in [3.8, 4) is 17.0 Å². The fourth-order valence-electron chi connectivity index (χ4n) is 2.59. The summed E-state index contributed by atoms with van der Waals surface area (Å²) in [6, 6.07) is 12.4. The minimum Gasteiger partial charge on any atom is -0.488 e. The number of hydrogen-bond donors (Lipinski definition) is 1. The molecule has 0 fully saturated rings. The summed E-state index contributed by atoms with van der Waals surface area (Å²) in [5.74, 6) is 1.38. The minimum atomic E-state index is 0.0967. The summed E-state index contributed by atoms with van der Waals surface area (Å²) in [7, 11) is 0. The molecule has 1 aromatic carbocycles. The number of hydrogen-bond acceptors (Lipinski definition) is 3. The highest BCUT2D eigenvalue weighted by atomic mass is 16.5. The lowest BCUT2D eigenvalue weighted by atomic mass is 10.0. The molecule has 0 spiro atoms. The van der Waals surface area contributed by atoms with Gasteiger partial charge < -0.3 is 10.5 Å². The maximum atomic E-state index is 5.98. The Hall–Kier alpha value is -1.87. The average Bonchev–Trinajstić information content (AvgIpc) is 2.90. The Morgan fingerprint density at radius 1 is 1.25 bits per heavy atom. The fraction of sp³-hybridized carbons (Fsp3) is 0.353. The van der Waals surface area contributed by atoms with E-state index >= 15 is 0 Å². The van der Waals surface area contributed by atoms with Gasteiger partial charge in [0.2, 0.25) is 0 Å². The van der Waals surface area contributed by atoms with E-state index in [1.54, 1.807) is 0 Å². The van der Waals surface area contributed by atoms with Gasteiger partial charge >= 0.3 is 0 Å². The first-order chi connectivity index (χ1) is 9.69. The second-order valence-corrected chi connectivity index (χ2v) is 5.58. The maximum absolute atomic E-state index is 5.98. The lowest BCUT2D eigenvalue weighted by Gasteiger charge is -2.12. The largest absolute Gasteiger partial charge is 0.488 e. The highest BCUT2D eigenvalue weighted by molar-refractivity contribution is 5.70. The second kappa shape index (κ2) is 5.25. The van der Waals surface area contributed by atoms with Crippen LogP contribution in [0.4, 0.5) is 0 Å². The molecule has 2 aromatic rings. The molecule has 2 heterocycles. The molecule has 1 unspecified atom stereocenters. The van der Waals surface area contributed by atoms with Crippen molar-refractivity contribution >= 4 is 0 Å². The smallest absolute Gasteiger partial charge is 0.132 e. The number of pyridine rings is 1. The van der Waals surface area contributed by atoms with Gasteiger partial charge in [-0.2, -0.15) is 0 Å². The Kier molecular flexibility index (Phi) is 3.45. The third kappa shape index (κ3) is 2.29. The van der Waals surface area contributed by atoms with Crippen molar-refractivity contribution < 1.29 is 4.74 Å². The van der Waals surface area contributed by atoms with E-state index in [1.807, 2.05) is 6.07 Å². The highest BCUT2D eigenvalue weighted by Crippen LogP contribution is 2.38. The molecule has 1 aromatic heterocycles. The van der Waals surface area contributed by atoms with Crippen molar-refractivity contribution in [1.29, 1.82) is 0 Å². The monoisotopic (exact) mass is 268 g/mol. The van der Waals surface area contributed by atoms with Crippen LogP contribution >= 0.6 is 0 Å². The molecule has 1 aliphatic heterocycles. The molecule has 1 atom stereocenters. The van der Waals surface area contributed by atoms with Gasteiger partial charge in [0.1, 0.15) is 11.9 Å². The summed E-state index contributed by atoms with van der Waals surface area (Å²) in [6.07, 6.45) is 0.989. The van der Waals surface area contributed by atoms with Crippen LogP contribution in [0.15, 0.2) is 36.4 Å². The van der Waals surface area contributed by atoms with E-state index in [1.165, 1.54) is 5.56 Å². The molecule has 0 radical (unpaired) electrons. The molecule has 3 heteroatoms. The van der Waals surface area contributed by atoms with Gasteiger partial charge in [0.05, 0.1) is 5.69 Å². The highest BCUT2D eigenvalue weighted by Gasteiger charge is 2.25. The van der Waals surface area contributed by atoms with Gasteiger partial charge in [0.15, 0.2) is 0 Å². The number of nitrogens with two attached hydrogens (primary N) is 1. The van der Waals surface area contributed by atoms with Crippen molar-refractivity contribution in [2.45, 2.75) is 32.3 Å². The van der Waals surface area contributed by atoms with Crippen LogP contribution in [0.3, 0.4) is 0 Å². The quantitative estimate of drug-likeness (QED) is 0.930. The number of aromatic nitrogens is 1. The van der Waals surface area contributed by atoms with Crippen molar-refractivity contribution in [3.05, 3.63) is 47.7 Å². The molecule has 3 nitrogen and oxygen atoms in total. The van der Waals surface area contributed by atoms with Crippen molar-refractivity contribution in [3.63, 3.8) is 0 Å². The lowest BCUT2D eigenvalue weighted by Crippen LogP contribution is -2.24. The first kappa shape index (κ1) is 13.1. The topological polar surface area (TPSA) is 48.1 Å². The molecular formula is C17H20N2O. The molecule has 0 saturated heterocycles. The second-order valence-electron chi connectivity index (χ2n) is 5.58. The lowest BCUT2D eigenvalue weighted by molar-refractivity contribution is 0.242. The van der Waals surface area contributed by atoms with Gasteiger partial charge in [-0.15, -0.1) is 0 Å². The molecule has 20 heavy (non-hydrogen) atoms. The molecular weight excluding hydrogens is 248 g/mol. The molecule has 0 amide bonds. The van der Waals surface area contributed by atoms with Gasteiger partial charge in [0, 0.05) is 24.2 Å². The summed E-state index contributed by atoms with van der Waals surface area (Å²) in [5.41, 5.74) is 10.1. The number of benzene rings is 1. The summed E-state index contributed by atoms with van der Waals surface area (Å²) in [6.45, 7) is 4.86. The normalized spacial score (nSPS) is 17.1. The third-order valence-electron chi connectivity index (χ3n) is 3.73. The zero-order valence-corrected chi connectivity index (χ0v) is 12.0. The molecule has 0 aliphatic carbocycles. The van der Waals surface area contributed by atoms with Crippen molar-refractivity contribution in [2.75, 3.05) is 6.54 Å². The molecule has 0 saturated carbocycles. The molecule has 104 valence electrons. The molecule has 0 bridgehead atoms. The van der Waals surface area contributed by atoms with Crippen LogP contribution < -0.4 is 10.5 Å². The maximum Gasteiger partial charge on any atom is 0.132 e. The van der Waals surface area contributed by atoms with Gasteiger partial charge in [0.25, 0.3) is 0 Å². The van der Waals surface area contributed by atoms with E-state index in [-0.39, 0.29) is 6.10 Å². The number of ether oxygens (including phenoxy) is 1. The molecule has 3 rings (SSSR count). The van der Waals surface area contributed by atoms with Crippen LogP contribution in [-0.2, 0) is 6.42 Å². The van der Waals surface area contributed by atoms with E-state index in [2.05, 4.69) is 44.2 Å². The van der Waals surface area contributed by atoms with Crippen molar-refractivity contribution in [1.82, 2.24) is 4.98 Å². The van der Waals surface area contributed by atoms with Gasteiger partial charge in [-0.05, 0) is 29.7 Å². The number of para-hydroxylation sites is 1. The molecule has 1 aliphatic rings. The summed E-state index contributed by atoms with van der Waals surface area (Å²) >= 11 is 0. The van der Waals surface area contributed by atoms with Crippen LogP contribution in [0.2, 0.25) is 0 Å². The zero-order valence-electron chi connectivity index (χ0n) is 12.0. The van der Waals surface area contributed by atoms with E-state index in [4.69, 9.17) is 15.5 Å². The Morgan fingerprint density at radius 3 is 2.80 bits per heavy atom. The van der Waals surface area contributed by atoms with Gasteiger partial charge in [-0.25, -0.2) is 0 Å². The van der Waals surface area contributed by atoms with Crippen molar-refractivity contribution in [2.24, 2.45) is 5.73 Å². The summed E-state index contributed by atoms with van der Waals surface area (Å²) < 4.78 is 5.98. The molecule has 2 N–H and O–H groups in total. The summed E-state index contributed by atoms with van der Waals surface area (Å²) in [4.78, 5) is 4.76. The van der Waals surface area contributed by atoms with Crippen LogP contribution in [0.5, 0.6) is 5.75 Å². The number of rotatable bonds is 3. The number of fused-ring (bicyclic) bond motifs is 1. The Morgan fingerprint density at radius 2 is 2.05 bits per heavy atom. The predicted molar refractivity (Wildman–Crippen MR) is 80.9 cm³/mol. The van der Waals surface area contributed by atoms with Crippen LogP contribution in [-0.4, -0.2) is 17.6 Å². The predicted octanol–water partition coefficient (Wildman–Crippen LogP) is 3.13. The standard InChI is InChI=1S/C17H20N2O/c1-11(2)15-7-4-8-16(19-15)14-6-3-5-12-9-13(10-18)20-17(12)14/h3-8,11,13H,9-10,18H2,1-2H3. The fourth-order valence-corrected chi connectivity index (χ4v) is 2.59. The van der Waals surface area contributed by atoms with E-state index in [9.17, 15) is 0 Å². The van der Waals surface area contributed by atoms with Crippen LogP contribution in [0, 0.1) is 0 Å².